The van der Waals surface area contributed by atoms with Crippen molar-refractivity contribution in [3.8, 4) is 5.69 Å². The van der Waals surface area contributed by atoms with Crippen LogP contribution >= 0.6 is 0 Å². The minimum Gasteiger partial charge on any atom is -0.385 e. The van der Waals surface area contributed by atoms with Crippen molar-refractivity contribution in [3.05, 3.63) is 66.5 Å². The van der Waals surface area contributed by atoms with Crippen molar-refractivity contribution < 1.29 is 9.90 Å². The zero-order chi connectivity index (χ0) is 18.8. The van der Waals surface area contributed by atoms with Crippen LogP contribution in [0, 0.1) is 5.92 Å². The van der Waals surface area contributed by atoms with Crippen molar-refractivity contribution in [3.63, 3.8) is 0 Å². The van der Waals surface area contributed by atoms with Crippen LogP contribution in [0.1, 0.15) is 35.1 Å². The van der Waals surface area contributed by atoms with E-state index in [4.69, 9.17) is 0 Å². The number of carbonyl (C=O) groups is 1. The fourth-order valence-electron chi connectivity index (χ4n) is 3.68. The topological polar surface area (TPSA) is 76.2 Å². The van der Waals surface area contributed by atoms with Gasteiger partial charge in [-0.1, -0.05) is 6.07 Å². The molecule has 3 aromatic rings. The van der Waals surface area contributed by atoms with Crippen LogP contribution in [0.25, 0.3) is 5.69 Å². The third-order valence-corrected chi connectivity index (χ3v) is 5.26. The highest BCUT2D eigenvalue weighted by molar-refractivity contribution is 5.94. The molecule has 2 aromatic heterocycles. The second kappa shape index (κ2) is 7.36. The van der Waals surface area contributed by atoms with Crippen LogP contribution in [0.5, 0.6) is 0 Å². The average Bonchev–Trinajstić information content (AvgIpc) is 3.39. The van der Waals surface area contributed by atoms with Gasteiger partial charge in [0.1, 0.15) is 11.9 Å². The lowest BCUT2D eigenvalue weighted by Gasteiger charge is -2.34. The summed E-state index contributed by atoms with van der Waals surface area (Å²) in [5.74, 6) is 0.825. The summed E-state index contributed by atoms with van der Waals surface area (Å²) >= 11 is 0. The Labute approximate surface area is 157 Å². The van der Waals surface area contributed by atoms with Crippen LogP contribution in [0.2, 0.25) is 0 Å². The molecule has 7 nitrogen and oxygen atoms in total. The first-order chi connectivity index (χ1) is 13.1. The molecule has 1 atom stereocenters. The summed E-state index contributed by atoms with van der Waals surface area (Å²) in [5, 5.41) is 14.8. The summed E-state index contributed by atoms with van der Waals surface area (Å²) in [4.78, 5) is 19.0. The van der Waals surface area contributed by atoms with Gasteiger partial charge in [0.25, 0.3) is 5.91 Å². The Morgan fingerprint density at radius 3 is 2.67 bits per heavy atom. The number of aliphatic hydroxyl groups excluding tert-OH is 1. The molecule has 1 aliphatic rings. The molecule has 1 N–H and O–H groups in total. The molecule has 1 amide bonds. The number of amides is 1. The fraction of sp³-hybridized carbons (Fsp3) is 0.350. The first-order valence-corrected chi connectivity index (χ1v) is 9.18. The quantitative estimate of drug-likeness (QED) is 0.769. The number of hydrogen-bond acceptors (Lipinski definition) is 4. The highest BCUT2D eigenvalue weighted by atomic mass is 16.3. The molecule has 1 saturated heterocycles. The van der Waals surface area contributed by atoms with Gasteiger partial charge in [-0.25, -0.2) is 9.67 Å². The summed E-state index contributed by atoms with van der Waals surface area (Å²) in [6.07, 6.45) is 8.04. The Hall–Kier alpha value is -2.93. The van der Waals surface area contributed by atoms with Gasteiger partial charge in [-0.3, -0.25) is 4.79 Å². The SMILES string of the molecule is Cn1ccnc1C(O)C1CCN(C(=O)c2cccc(-n3cccn3)c2)CC1. The van der Waals surface area contributed by atoms with E-state index in [9.17, 15) is 9.90 Å². The number of nitrogens with zero attached hydrogens (tertiary/aromatic N) is 5. The van der Waals surface area contributed by atoms with Gasteiger partial charge in [0, 0.05) is 50.5 Å². The first-order valence-electron chi connectivity index (χ1n) is 9.18. The lowest BCUT2D eigenvalue weighted by Crippen LogP contribution is -2.40. The van der Waals surface area contributed by atoms with Gasteiger partial charge in [0.05, 0.1) is 5.69 Å². The highest BCUT2D eigenvalue weighted by Gasteiger charge is 2.30. The molecule has 0 spiro atoms. The Kier molecular flexibility index (Phi) is 4.77. The van der Waals surface area contributed by atoms with Crippen molar-refractivity contribution in [2.75, 3.05) is 13.1 Å². The molecule has 0 saturated carbocycles. The molecule has 7 heteroatoms. The summed E-state index contributed by atoms with van der Waals surface area (Å²) < 4.78 is 3.59. The molecule has 1 aliphatic heterocycles. The highest BCUT2D eigenvalue weighted by Crippen LogP contribution is 2.30. The van der Waals surface area contributed by atoms with Crippen molar-refractivity contribution >= 4 is 5.91 Å². The molecule has 3 heterocycles. The van der Waals surface area contributed by atoms with Crippen LogP contribution in [0.4, 0.5) is 0 Å². The standard InChI is InChI=1S/C20H23N5O2/c1-23-13-9-21-19(23)18(26)15-6-11-24(12-7-15)20(27)16-4-2-5-17(14-16)25-10-3-8-22-25/h2-5,8-10,13-15,18,26H,6-7,11-12H2,1H3. The van der Waals surface area contributed by atoms with Gasteiger partial charge in [0.2, 0.25) is 0 Å². The molecule has 140 valence electrons. The molecule has 27 heavy (non-hydrogen) atoms. The van der Waals surface area contributed by atoms with Gasteiger partial charge in [0.15, 0.2) is 0 Å². The number of piperidine rings is 1. The number of carbonyl (C=O) groups excluding carboxylic acids is 1. The summed E-state index contributed by atoms with van der Waals surface area (Å²) in [6, 6.07) is 9.36. The summed E-state index contributed by atoms with van der Waals surface area (Å²) in [5.41, 5.74) is 1.53. The molecule has 1 fully saturated rings. The Morgan fingerprint density at radius 1 is 1.19 bits per heavy atom. The van der Waals surface area contributed by atoms with E-state index in [1.165, 1.54) is 0 Å². The van der Waals surface area contributed by atoms with Crippen LogP contribution in [0.15, 0.2) is 55.1 Å². The van der Waals surface area contributed by atoms with Gasteiger partial charge < -0.3 is 14.6 Å². The third-order valence-electron chi connectivity index (χ3n) is 5.26. The smallest absolute Gasteiger partial charge is 0.253 e. The third kappa shape index (κ3) is 3.50. The van der Waals surface area contributed by atoms with Crippen LogP contribution < -0.4 is 0 Å². The second-order valence-corrected chi connectivity index (χ2v) is 6.97. The molecular formula is C20H23N5O2. The number of hydrogen-bond donors (Lipinski definition) is 1. The van der Waals surface area contributed by atoms with Gasteiger partial charge >= 0.3 is 0 Å². The predicted molar refractivity (Wildman–Crippen MR) is 100 cm³/mol. The number of imidazole rings is 1. The molecule has 0 radical (unpaired) electrons. The predicted octanol–water partition coefficient (Wildman–Crippen LogP) is 2.19. The Morgan fingerprint density at radius 2 is 2.00 bits per heavy atom. The largest absolute Gasteiger partial charge is 0.385 e. The second-order valence-electron chi connectivity index (χ2n) is 6.97. The van der Waals surface area contributed by atoms with E-state index in [0.717, 1.165) is 18.5 Å². The van der Waals surface area contributed by atoms with Crippen LogP contribution in [0.3, 0.4) is 0 Å². The lowest BCUT2D eigenvalue weighted by molar-refractivity contribution is 0.0420. The van der Waals surface area contributed by atoms with E-state index in [0.29, 0.717) is 24.5 Å². The van der Waals surface area contributed by atoms with Crippen molar-refractivity contribution in [1.29, 1.82) is 0 Å². The van der Waals surface area contributed by atoms with Crippen molar-refractivity contribution in [2.45, 2.75) is 18.9 Å². The van der Waals surface area contributed by atoms with Gasteiger partial charge in [-0.2, -0.15) is 5.10 Å². The minimum absolute atomic E-state index is 0.0222. The van der Waals surface area contributed by atoms with E-state index >= 15 is 0 Å². The Bertz CT molecular complexity index is 910. The van der Waals surface area contributed by atoms with E-state index in [1.807, 2.05) is 59.2 Å². The molecule has 1 aromatic carbocycles. The average molecular weight is 365 g/mol. The van der Waals surface area contributed by atoms with E-state index in [-0.39, 0.29) is 11.8 Å². The maximum absolute atomic E-state index is 12.9. The molecule has 1 unspecified atom stereocenters. The van der Waals surface area contributed by atoms with Gasteiger partial charge in [-0.15, -0.1) is 0 Å². The Balaban J connectivity index is 1.42. The minimum atomic E-state index is -0.592. The maximum Gasteiger partial charge on any atom is 0.253 e. The summed E-state index contributed by atoms with van der Waals surface area (Å²) in [7, 11) is 1.89. The number of rotatable bonds is 4. The number of likely N-dealkylation sites (tertiary alicyclic amines) is 1. The monoisotopic (exact) mass is 365 g/mol. The molecule has 0 bridgehead atoms. The van der Waals surface area contributed by atoms with E-state index < -0.39 is 6.10 Å². The molecular weight excluding hydrogens is 342 g/mol. The first kappa shape index (κ1) is 17.5. The zero-order valence-electron chi connectivity index (χ0n) is 15.3. The van der Waals surface area contributed by atoms with Crippen molar-refractivity contribution in [1.82, 2.24) is 24.2 Å². The van der Waals surface area contributed by atoms with Gasteiger partial charge in [-0.05, 0) is 43.0 Å². The summed E-state index contributed by atoms with van der Waals surface area (Å²) in [6.45, 7) is 1.27. The number of aromatic nitrogens is 4. The zero-order valence-corrected chi connectivity index (χ0v) is 15.3. The van der Waals surface area contributed by atoms with Crippen LogP contribution in [-0.4, -0.2) is 48.3 Å². The van der Waals surface area contributed by atoms with E-state index in [1.54, 1.807) is 17.1 Å². The normalized spacial score (nSPS) is 16.4. The molecule has 0 aliphatic carbocycles. The molecule has 4 rings (SSSR count). The van der Waals surface area contributed by atoms with Crippen LogP contribution in [-0.2, 0) is 7.05 Å². The number of aliphatic hydroxyl groups is 1. The fourth-order valence-corrected chi connectivity index (χ4v) is 3.68. The number of aryl methyl sites for hydroxylation is 1. The van der Waals surface area contributed by atoms with Crippen molar-refractivity contribution in [2.24, 2.45) is 13.0 Å². The number of benzene rings is 1. The maximum atomic E-state index is 12.9. The van der Waals surface area contributed by atoms with E-state index in [2.05, 4.69) is 10.1 Å². The lowest BCUT2D eigenvalue weighted by atomic mass is 9.90.